The fourth-order valence-electron chi connectivity index (χ4n) is 1.78. The first-order chi connectivity index (χ1) is 8.13. The summed E-state index contributed by atoms with van der Waals surface area (Å²) < 4.78 is 10.1. The molecule has 2 heterocycles. The minimum Gasteiger partial charge on any atom is -0.311 e. The summed E-state index contributed by atoms with van der Waals surface area (Å²) in [4.78, 5) is 0. The van der Waals surface area contributed by atoms with Crippen LogP contribution in [0.3, 0.4) is 0 Å². The Morgan fingerprint density at radius 1 is 1.59 bits per heavy atom. The van der Waals surface area contributed by atoms with E-state index in [4.69, 9.17) is 11.6 Å². The van der Waals surface area contributed by atoms with E-state index in [9.17, 15) is 0 Å². The average molecular weight is 272 g/mol. The molecule has 0 fully saturated rings. The second-order valence-corrected chi connectivity index (χ2v) is 4.78. The van der Waals surface area contributed by atoms with Gasteiger partial charge in [-0.2, -0.15) is 13.8 Å². The summed E-state index contributed by atoms with van der Waals surface area (Å²) in [6.45, 7) is 1.91. The Kier molecular flexibility index (Phi) is 3.76. The van der Waals surface area contributed by atoms with Crippen LogP contribution in [0.1, 0.15) is 23.1 Å². The van der Waals surface area contributed by atoms with Crippen molar-refractivity contribution in [2.75, 3.05) is 7.05 Å². The van der Waals surface area contributed by atoms with E-state index in [1.54, 1.807) is 6.20 Å². The lowest BCUT2D eigenvalue weighted by Crippen LogP contribution is -2.20. The van der Waals surface area contributed by atoms with Gasteiger partial charge in [-0.05, 0) is 14.0 Å². The zero-order valence-electron chi connectivity index (χ0n) is 9.94. The van der Waals surface area contributed by atoms with Crippen molar-refractivity contribution in [2.24, 2.45) is 7.05 Å². The molecule has 5 nitrogen and oxygen atoms in total. The van der Waals surface area contributed by atoms with Crippen LogP contribution < -0.4 is 5.32 Å². The van der Waals surface area contributed by atoms with E-state index in [1.165, 1.54) is 11.7 Å². The quantitative estimate of drug-likeness (QED) is 0.920. The second kappa shape index (κ2) is 5.12. The van der Waals surface area contributed by atoms with Crippen LogP contribution in [0.5, 0.6) is 0 Å². The molecule has 1 N–H and O–H groups in total. The van der Waals surface area contributed by atoms with E-state index in [-0.39, 0.29) is 6.04 Å². The molecule has 7 heteroatoms. The topological polar surface area (TPSA) is 55.6 Å². The van der Waals surface area contributed by atoms with Crippen molar-refractivity contribution in [3.8, 4) is 0 Å². The standard InChI is InChI=1S/C10H14ClN5S/c1-6-10(11)9(16(3)14-6)4-7(12-2)8-5-13-17-15-8/h5,7,12H,4H2,1-3H3. The third-order valence-corrected chi connectivity index (χ3v) is 3.73. The highest BCUT2D eigenvalue weighted by molar-refractivity contribution is 6.99. The minimum absolute atomic E-state index is 0.112. The molecule has 2 aromatic heterocycles. The maximum Gasteiger partial charge on any atom is 0.0916 e. The molecule has 1 unspecified atom stereocenters. The zero-order chi connectivity index (χ0) is 12.4. The normalized spacial score (nSPS) is 12.9. The highest BCUT2D eigenvalue weighted by Gasteiger charge is 2.18. The van der Waals surface area contributed by atoms with Gasteiger partial charge in [0, 0.05) is 13.5 Å². The van der Waals surface area contributed by atoms with Crippen LogP contribution in [-0.2, 0) is 13.5 Å². The summed E-state index contributed by atoms with van der Waals surface area (Å²) in [5.74, 6) is 0. The van der Waals surface area contributed by atoms with Crippen LogP contribution in [0.25, 0.3) is 0 Å². The Morgan fingerprint density at radius 3 is 2.82 bits per heavy atom. The van der Waals surface area contributed by atoms with Crippen LogP contribution in [0.4, 0.5) is 0 Å². The number of nitrogens with zero attached hydrogens (tertiary/aromatic N) is 4. The van der Waals surface area contributed by atoms with Crippen molar-refractivity contribution in [3.63, 3.8) is 0 Å². The highest BCUT2D eigenvalue weighted by Crippen LogP contribution is 2.24. The summed E-state index contributed by atoms with van der Waals surface area (Å²) in [7, 11) is 3.81. The molecular formula is C10H14ClN5S. The van der Waals surface area contributed by atoms with Gasteiger partial charge in [0.05, 0.1) is 46.1 Å². The fourth-order valence-corrected chi connectivity index (χ4v) is 2.48. The molecule has 0 aromatic carbocycles. The Balaban J connectivity index is 2.24. The van der Waals surface area contributed by atoms with Gasteiger partial charge in [-0.25, -0.2) is 0 Å². The van der Waals surface area contributed by atoms with Gasteiger partial charge in [-0.3, -0.25) is 4.68 Å². The predicted molar refractivity (Wildman–Crippen MR) is 68.4 cm³/mol. The number of aryl methyl sites for hydroxylation is 2. The second-order valence-electron chi connectivity index (χ2n) is 3.85. The number of likely N-dealkylation sites (N-methyl/N-ethyl adjacent to an activating group) is 1. The lowest BCUT2D eigenvalue weighted by atomic mass is 10.1. The fraction of sp³-hybridized carbons (Fsp3) is 0.500. The smallest absolute Gasteiger partial charge is 0.0916 e. The molecule has 2 rings (SSSR count). The van der Waals surface area contributed by atoms with E-state index in [0.717, 1.165) is 28.5 Å². The van der Waals surface area contributed by atoms with Crippen LogP contribution in [0.15, 0.2) is 6.20 Å². The molecule has 0 saturated heterocycles. The largest absolute Gasteiger partial charge is 0.311 e. The molecule has 0 aliphatic heterocycles. The molecule has 2 aromatic rings. The predicted octanol–water partition coefficient (Wildman–Crippen LogP) is 1.74. The van der Waals surface area contributed by atoms with E-state index in [2.05, 4.69) is 19.2 Å². The summed E-state index contributed by atoms with van der Waals surface area (Å²) in [5.41, 5.74) is 2.80. The van der Waals surface area contributed by atoms with Crippen molar-refractivity contribution in [1.82, 2.24) is 23.8 Å². The Hall–Kier alpha value is -0.980. The van der Waals surface area contributed by atoms with E-state index in [0.29, 0.717) is 0 Å². The van der Waals surface area contributed by atoms with Crippen LogP contribution >= 0.6 is 23.3 Å². The molecule has 92 valence electrons. The van der Waals surface area contributed by atoms with Gasteiger partial charge in [-0.1, -0.05) is 11.6 Å². The monoisotopic (exact) mass is 271 g/mol. The number of rotatable bonds is 4. The van der Waals surface area contributed by atoms with Gasteiger partial charge in [0.2, 0.25) is 0 Å². The first-order valence-corrected chi connectivity index (χ1v) is 6.37. The third-order valence-electron chi connectivity index (χ3n) is 2.74. The molecule has 17 heavy (non-hydrogen) atoms. The molecular weight excluding hydrogens is 258 g/mol. The first kappa shape index (κ1) is 12.5. The maximum atomic E-state index is 6.23. The molecule has 0 aliphatic rings. The number of halogens is 1. The number of aromatic nitrogens is 4. The summed E-state index contributed by atoms with van der Waals surface area (Å²) in [5, 5.41) is 8.26. The van der Waals surface area contributed by atoms with E-state index < -0.39 is 0 Å². The Morgan fingerprint density at radius 2 is 2.35 bits per heavy atom. The van der Waals surface area contributed by atoms with Gasteiger partial charge in [0.1, 0.15) is 0 Å². The molecule has 1 atom stereocenters. The van der Waals surface area contributed by atoms with Crippen molar-refractivity contribution in [1.29, 1.82) is 0 Å². The number of hydrogen-bond donors (Lipinski definition) is 1. The Labute approximate surface area is 109 Å². The van der Waals surface area contributed by atoms with Gasteiger partial charge < -0.3 is 5.32 Å². The van der Waals surface area contributed by atoms with Crippen molar-refractivity contribution in [2.45, 2.75) is 19.4 Å². The average Bonchev–Trinajstić information content (AvgIpc) is 2.89. The van der Waals surface area contributed by atoms with Gasteiger partial charge in [-0.15, -0.1) is 0 Å². The summed E-state index contributed by atoms with van der Waals surface area (Å²) >= 11 is 7.44. The third kappa shape index (κ3) is 2.48. The molecule has 0 spiro atoms. The van der Waals surface area contributed by atoms with Crippen molar-refractivity contribution >= 4 is 23.3 Å². The van der Waals surface area contributed by atoms with Crippen LogP contribution in [0, 0.1) is 6.92 Å². The van der Waals surface area contributed by atoms with E-state index in [1.807, 2.05) is 25.7 Å². The number of hydrogen-bond acceptors (Lipinski definition) is 5. The SMILES string of the molecule is CNC(Cc1c(Cl)c(C)nn1C)c1cnsn1. The minimum atomic E-state index is 0.112. The summed E-state index contributed by atoms with van der Waals surface area (Å²) in [6, 6.07) is 0.112. The lowest BCUT2D eigenvalue weighted by Gasteiger charge is -2.13. The molecule has 0 saturated carbocycles. The van der Waals surface area contributed by atoms with Gasteiger partial charge in [0.25, 0.3) is 0 Å². The van der Waals surface area contributed by atoms with Crippen molar-refractivity contribution < 1.29 is 0 Å². The maximum absolute atomic E-state index is 6.23. The van der Waals surface area contributed by atoms with Gasteiger partial charge in [0.15, 0.2) is 0 Å². The number of nitrogens with one attached hydrogen (secondary N) is 1. The van der Waals surface area contributed by atoms with E-state index >= 15 is 0 Å². The van der Waals surface area contributed by atoms with Crippen LogP contribution in [0.2, 0.25) is 5.02 Å². The molecule has 0 bridgehead atoms. The molecule has 0 radical (unpaired) electrons. The molecule has 0 amide bonds. The first-order valence-electron chi connectivity index (χ1n) is 5.26. The molecule has 0 aliphatic carbocycles. The highest BCUT2D eigenvalue weighted by atomic mass is 35.5. The lowest BCUT2D eigenvalue weighted by molar-refractivity contribution is 0.552. The van der Waals surface area contributed by atoms with Crippen molar-refractivity contribution in [3.05, 3.63) is 28.3 Å². The van der Waals surface area contributed by atoms with Gasteiger partial charge >= 0.3 is 0 Å². The summed E-state index contributed by atoms with van der Waals surface area (Å²) in [6.07, 6.45) is 2.53. The zero-order valence-corrected chi connectivity index (χ0v) is 11.5. The van der Waals surface area contributed by atoms with Crippen LogP contribution in [-0.4, -0.2) is 25.6 Å². The Bertz CT molecular complexity index is 493.